The van der Waals surface area contributed by atoms with Gasteiger partial charge in [0, 0.05) is 38.7 Å². The molecule has 2 aromatic carbocycles. The van der Waals surface area contributed by atoms with E-state index in [2.05, 4.69) is 20.9 Å². The highest BCUT2D eigenvalue weighted by Gasteiger charge is 2.30. The predicted octanol–water partition coefficient (Wildman–Crippen LogP) is 2.85. The van der Waals surface area contributed by atoms with Gasteiger partial charge in [-0.1, -0.05) is 6.07 Å². The number of ether oxygens (including phenoxy) is 4. The molecule has 11 nitrogen and oxygen atoms in total. The Hall–Kier alpha value is -3.48. The molecule has 0 aromatic heterocycles. The number of fused-ring (bicyclic) bond motifs is 3. The maximum atomic E-state index is 13.8. The number of benzene rings is 1. The minimum atomic E-state index is -0.598. The van der Waals surface area contributed by atoms with E-state index >= 15 is 0 Å². The molecule has 0 spiro atoms. The first-order chi connectivity index (χ1) is 21.3. The third-order valence-corrected chi connectivity index (χ3v) is 8.65. The van der Waals surface area contributed by atoms with Crippen LogP contribution in [0.25, 0.3) is 11.1 Å². The van der Waals surface area contributed by atoms with Crippen molar-refractivity contribution in [3.05, 3.63) is 45.6 Å². The summed E-state index contributed by atoms with van der Waals surface area (Å²) in [5.41, 5.74) is 3.14. The third kappa shape index (κ3) is 7.96. The summed E-state index contributed by atoms with van der Waals surface area (Å²) in [5, 5.41) is 9.31. The standard InChI is InChI=1S/C32H44N4O7S/c1-20(37)34-24-8-6-21-18-28(40-2)30(41-3)31(42-4)29(21)22-7-9-25(27(38)19-23(22)24)35-26(10-17-44-5)32(39)33-11-12-36-13-15-43-16-14-36/h7,9,18-19,24,26H,6,8,10-17H2,1-5H3,(H,33,39)(H,34,37)(H,35,38)/t24-,26-/m1/s1. The summed E-state index contributed by atoms with van der Waals surface area (Å²) >= 11 is 1.64. The van der Waals surface area contributed by atoms with Crippen LogP contribution < -0.4 is 35.6 Å². The molecule has 2 amide bonds. The Balaban J connectivity index is 1.72. The van der Waals surface area contributed by atoms with E-state index in [1.807, 2.05) is 18.4 Å². The molecule has 1 aliphatic carbocycles. The van der Waals surface area contributed by atoms with Gasteiger partial charge in [-0.3, -0.25) is 19.3 Å². The van der Waals surface area contributed by atoms with E-state index in [-0.39, 0.29) is 17.2 Å². The Morgan fingerprint density at radius 1 is 1.09 bits per heavy atom. The number of hydrogen-bond donors (Lipinski definition) is 3. The van der Waals surface area contributed by atoms with Crippen LogP contribution in [0.1, 0.15) is 36.9 Å². The minimum Gasteiger partial charge on any atom is -0.493 e. The fraction of sp³-hybridized carbons (Fsp3) is 0.531. The van der Waals surface area contributed by atoms with Crippen LogP contribution >= 0.6 is 11.8 Å². The highest BCUT2D eigenvalue weighted by molar-refractivity contribution is 7.98. The second kappa shape index (κ2) is 16.0. The van der Waals surface area contributed by atoms with Gasteiger partial charge in [0.05, 0.1) is 46.3 Å². The van der Waals surface area contributed by atoms with Crippen LogP contribution in [0.2, 0.25) is 0 Å². The van der Waals surface area contributed by atoms with Crippen molar-refractivity contribution in [2.24, 2.45) is 0 Å². The lowest BCUT2D eigenvalue weighted by Gasteiger charge is -2.27. The van der Waals surface area contributed by atoms with Gasteiger partial charge < -0.3 is 34.9 Å². The summed E-state index contributed by atoms with van der Waals surface area (Å²) in [6, 6.07) is 6.03. The molecule has 1 fully saturated rings. The number of amides is 2. The summed E-state index contributed by atoms with van der Waals surface area (Å²) in [5.74, 6) is 1.85. The van der Waals surface area contributed by atoms with Crippen LogP contribution in [-0.2, 0) is 20.7 Å². The molecule has 1 heterocycles. The molecule has 12 heteroatoms. The largest absolute Gasteiger partial charge is 0.493 e. The molecule has 1 saturated heterocycles. The molecule has 1 aliphatic heterocycles. The molecule has 0 bridgehead atoms. The van der Waals surface area contributed by atoms with Gasteiger partial charge in [-0.25, -0.2) is 0 Å². The van der Waals surface area contributed by atoms with Crippen molar-refractivity contribution >= 4 is 29.3 Å². The van der Waals surface area contributed by atoms with Gasteiger partial charge in [0.1, 0.15) is 6.04 Å². The zero-order valence-corrected chi connectivity index (χ0v) is 27.1. The Bertz CT molecular complexity index is 1380. The molecule has 240 valence electrons. The van der Waals surface area contributed by atoms with Gasteiger partial charge in [-0.15, -0.1) is 0 Å². The monoisotopic (exact) mass is 628 g/mol. The van der Waals surface area contributed by atoms with E-state index in [1.54, 1.807) is 45.2 Å². The number of nitrogens with zero attached hydrogens (tertiary/aromatic N) is 1. The number of anilines is 1. The van der Waals surface area contributed by atoms with Gasteiger partial charge in [-0.2, -0.15) is 11.8 Å². The number of aryl methyl sites for hydroxylation is 1. The molecule has 44 heavy (non-hydrogen) atoms. The molecule has 0 saturated carbocycles. The molecule has 2 aliphatic rings. The first kappa shape index (κ1) is 33.4. The highest BCUT2D eigenvalue weighted by atomic mass is 32.2. The van der Waals surface area contributed by atoms with Crippen LogP contribution in [0, 0.1) is 0 Å². The Morgan fingerprint density at radius 2 is 1.84 bits per heavy atom. The normalized spacial score (nSPS) is 16.9. The van der Waals surface area contributed by atoms with Gasteiger partial charge in [0.15, 0.2) is 11.5 Å². The molecule has 0 unspecified atom stereocenters. The third-order valence-electron chi connectivity index (χ3n) is 8.00. The number of rotatable bonds is 13. The van der Waals surface area contributed by atoms with Crippen LogP contribution in [-0.4, -0.2) is 95.5 Å². The lowest BCUT2D eigenvalue weighted by molar-refractivity contribution is -0.122. The first-order valence-electron chi connectivity index (χ1n) is 14.9. The molecule has 2 atom stereocenters. The second-order valence-corrected chi connectivity index (χ2v) is 11.8. The zero-order valence-electron chi connectivity index (χ0n) is 26.2. The van der Waals surface area contributed by atoms with Crippen molar-refractivity contribution < 1.29 is 28.5 Å². The van der Waals surface area contributed by atoms with Crippen molar-refractivity contribution in [3.8, 4) is 28.4 Å². The fourth-order valence-electron chi connectivity index (χ4n) is 5.80. The van der Waals surface area contributed by atoms with E-state index in [0.717, 1.165) is 42.1 Å². The van der Waals surface area contributed by atoms with E-state index in [0.29, 0.717) is 67.5 Å². The molecular formula is C32H44N4O7S. The van der Waals surface area contributed by atoms with E-state index in [4.69, 9.17) is 18.9 Å². The summed E-state index contributed by atoms with van der Waals surface area (Å²) in [4.78, 5) is 41.6. The summed E-state index contributed by atoms with van der Waals surface area (Å²) in [6.07, 6.45) is 3.70. The van der Waals surface area contributed by atoms with Crippen LogP contribution in [0.4, 0.5) is 5.69 Å². The van der Waals surface area contributed by atoms with Crippen molar-refractivity contribution in [2.45, 2.75) is 38.3 Å². The summed E-state index contributed by atoms with van der Waals surface area (Å²) < 4.78 is 22.6. The average Bonchev–Trinajstić information content (AvgIpc) is 3.26. The lowest BCUT2D eigenvalue weighted by atomic mass is 9.95. The number of methoxy groups -OCH3 is 3. The summed E-state index contributed by atoms with van der Waals surface area (Å²) in [6.45, 7) is 5.81. The first-order valence-corrected chi connectivity index (χ1v) is 16.3. The average molecular weight is 629 g/mol. The minimum absolute atomic E-state index is 0.153. The zero-order chi connectivity index (χ0) is 31.6. The van der Waals surface area contributed by atoms with E-state index in [9.17, 15) is 14.4 Å². The maximum Gasteiger partial charge on any atom is 0.242 e. The molecule has 2 aromatic rings. The lowest BCUT2D eigenvalue weighted by Crippen LogP contribution is -2.45. The number of morpholine rings is 1. The molecule has 4 rings (SSSR count). The Labute approximate surface area is 263 Å². The van der Waals surface area contributed by atoms with Crippen LogP contribution in [0.3, 0.4) is 0 Å². The van der Waals surface area contributed by atoms with Crippen molar-refractivity contribution in [2.75, 3.05) is 78.0 Å². The maximum absolute atomic E-state index is 13.8. The predicted molar refractivity (Wildman–Crippen MR) is 173 cm³/mol. The number of thioether (sulfide) groups is 1. The number of carbonyl (C=O) groups excluding carboxylic acids is 2. The van der Waals surface area contributed by atoms with E-state index in [1.165, 1.54) is 6.92 Å². The van der Waals surface area contributed by atoms with Gasteiger partial charge in [0.2, 0.25) is 23.0 Å². The topological polar surface area (TPSA) is 127 Å². The molecular weight excluding hydrogens is 584 g/mol. The Morgan fingerprint density at radius 3 is 2.50 bits per heavy atom. The van der Waals surface area contributed by atoms with Crippen molar-refractivity contribution in [1.29, 1.82) is 0 Å². The van der Waals surface area contributed by atoms with Crippen molar-refractivity contribution in [3.63, 3.8) is 0 Å². The van der Waals surface area contributed by atoms with Gasteiger partial charge in [-0.05, 0) is 66.2 Å². The van der Waals surface area contributed by atoms with E-state index < -0.39 is 12.1 Å². The SMILES string of the molecule is COc1cc2c(c(OC)c1OC)-c1ccc(N[C@H](CCSC)C(=O)NCCN3CCOCC3)c(=O)cc1[C@H](NC(C)=O)CC2. The summed E-state index contributed by atoms with van der Waals surface area (Å²) in [7, 11) is 4.69. The number of hydrogen-bond acceptors (Lipinski definition) is 10. The second-order valence-electron chi connectivity index (χ2n) is 10.8. The van der Waals surface area contributed by atoms with Crippen molar-refractivity contribution in [1.82, 2.24) is 15.5 Å². The number of carbonyl (C=O) groups is 2. The van der Waals surface area contributed by atoms with Crippen LogP contribution in [0.15, 0.2) is 29.1 Å². The highest BCUT2D eigenvalue weighted by Crippen LogP contribution is 2.50. The Kier molecular flexibility index (Phi) is 12.2. The quantitative estimate of drug-likeness (QED) is 0.305. The fourth-order valence-corrected chi connectivity index (χ4v) is 6.28. The number of nitrogens with one attached hydrogen (secondary N) is 3. The molecule has 3 N–H and O–H groups in total. The smallest absolute Gasteiger partial charge is 0.242 e. The van der Waals surface area contributed by atoms with Crippen LogP contribution in [0.5, 0.6) is 17.2 Å². The van der Waals surface area contributed by atoms with Gasteiger partial charge >= 0.3 is 0 Å². The van der Waals surface area contributed by atoms with Gasteiger partial charge in [0.25, 0.3) is 0 Å². The molecule has 0 radical (unpaired) electrons.